The highest BCUT2D eigenvalue weighted by atomic mass is 16.5. The second-order valence-corrected chi connectivity index (χ2v) is 8.77. The van der Waals surface area contributed by atoms with Crippen LogP contribution in [0, 0.1) is 5.41 Å². The van der Waals surface area contributed by atoms with Crippen molar-refractivity contribution in [3.8, 4) is 11.1 Å². The molecule has 3 aromatic carbocycles. The van der Waals surface area contributed by atoms with Crippen LogP contribution in [0.1, 0.15) is 36.2 Å². The molecule has 0 saturated heterocycles. The number of nitrogens with one attached hydrogen (secondary N) is 2. The number of hydrogen-bond donors (Lipinski definition) is 3. The Morgan fingerprint density at radius 3 is 2.39 bits per heavy atom. The lowest BCUT2D eigenvalue weighted by Crippen LogP contribution is -2.42. The van der Waals surface area contributed by atoms with E-state index in [-0.39, 0.29) is 18.4 Å². The van der Waals surface area contributed by atoms with Crippen molar-refractivity contribution in [1.29, 1.82) is 5.41 Å². The van der Waals surface area contributed by atoms with Crippen molar-refractivity contribution in [2.24, 2.45) is 0 Å². The van der Waals surface area contributed by atoms with Gasteiger partial charge >= 0.3 is 5.97 Å². The van der Waals surface area contributed by atoms with Crippen LogP contribution in [0.25, 0.3) is 22.0 Å². The minimum atomic E-state index is -0.383. The van der Waals surface area contributed by atoms with E-state index in [1.54, 1.807) is 13.0 Å². The molecule has 7 nitrogen and oxygen atoms in total. The first kappa shape index (κ1) is 25.0. The average Bonchev–Trinajstić information content (AvgIpc) is 2.92. The summed E-state index contributed by atoms with van der Waals surface area (Å²) in [4.78, 5) is 18.0. The Balaban J connectivity index is 1.86. The van der Waals surface area contributed by atoms with Crippen LogP contribution >= 0.6 is 0 Å². The molecule has 1 atom stereocenters. The molecule has 1 aromatic heterocycles. The van der Waals surface area contributed by atoms with Crippen molar-refractivity contribution in [2.45, 2.75) is 20.3 Å². The predicted octanol–water partition coefficient (Wildman–Crippen LogP) is 6.06. The molecular formula is C29H31N4O3+. The molecule has 36 heavy (non-hydrogen) atoms. The number of fused-ring (bicyclic) bond motifs is 1. The summed E-state index contributed by atoms with van der Waals surface area (Å²) in [6.45, 7) is 4.93. The summed E-state index contributed by atoms with van der Waals surface area (Å²) in [5, 5.41) is 18.2. The summed E-state index contributed by atoms with van der Waals surface area (Å²) in [5.74, 6) is 0.195. The summed E-state index contributed by atoms with van der Waals surface area (Å²) in [5.41, 5.74) is 6.53. The topological polar surface area (TPSA) is 95.3 Å². The number of pyridine rings is 1. The van der Waals surface area contributed by atoms with Crippen LogP contribution in [0.3, 0.4) is 0 Å². The van der Waals surface area contributed by atoms with E-state index >= 15 is 0 Å². The molecule has 0 aliphatic rings. The third-order valence-corrected chi connectivity index (χ3v) is 6.39. The molecule has 0 aliphatic heterocycles. The number of quaternary nitrogens is 1. The van der Waals surface area contributed by atoms with Gasteiger partial charge in [0, 0.05) is 23.1 Å². The zero-order valence-corrected chi connectivity index (χ0v) is 20.8. The van der Waals surface area contributed by atoms with Crippen molar-refractivity contribution in [2.75, 3.05) is 20.2 Å². The Kier molecular flexibility index (Phi) is 7.43. The molecule has 0 bridgehead atoms. The minimum absolute atomic E-state index is 0.0688. The van der Waals surface area contributed by atoms with Crippen LogP contribution in [-0.4, -0.2) is 42.2 Å². The molecule has 4 rings (SSSR count). The average molecular weight is 484 g/mol. The molecule has 0 spiro atoms. The minimum Gasteiger partial charge on any atom is -0.462 e. The maximum absolute atomic E-state index is 13.0. The molecule has 0 radical (unpaired) electrons. The van der Waals surface area contributed by atoms with Gasteiger partial charge < -0.3 is 4.74 Å². The number of amidine groups is 1. The summed E-state index contributed by atoms with van der Waals surface area (Å²) in [6, 6.07) is 25.1. The number of aromatic nitrogens is 1. The number of rotatable bonds is 8. The summed E-state index contributed by atoms with van der Waals surface area (Å²) >= 11 is 0. The fraction of sp³-hybridized carbons (Fsp3) is 0.207. The van der Waals surface area contributed by atoms with Gasteiger partial charge in [0.15, 0.2) is 0 Å². The van der Waals surface area contributed by atoms with Crippen LogP contribution < -0.4 is 9.96 Å². The second kappa shape index (κ2) is 10.7. The lowest BCUT2D eigenvalue weighted by molar-refractivity contribution is 0.0525. The largest absolute Gasteiger partial charge is 0.462 e. The molecule has 1 unspecified atom stereocenters. The van der Waals surface area contributed by atoms with E-state index in [1.165, 1.54) is 0 Å². The molecule has 0 fully saturated rings. The monoisotopic (exact) mass is 483 g/mol. The first-order valence-corrected chi connectivity index (χ1v) is 12.0. The number of esters is 1. The Labute approximate surface area is 211 Å². The summed E-state index contributed by atoms with van der Waals surface area (Å²) in [6.07, 6.45) is 0.872. The third-order valence-electron chi connectivity index (χ3n) is 6.39. The van der Waals surface area contributed by atoms with Crippen molar-refractivity contribution in [3.63, 3.8) is 0 Å². The van der Waals surface area contributed by atoms with Gasteiger partial charge in [-0.05, 0) is 48.7 Å². The number of para-hydroxylation sites is 1. The summed E-state index contributed by atoms with van der Waals surface area (Å²) < 4.78 is 5.74. The van der Waals surface area contributed by atoms with E-state index in [9.17, 15) is 10.0 Å². The quantitative estimate of drug-likeness (QED) is 0.0931. The van der Waals surface area contributed by atoms with Gasteiger partial charge in [0.2, 0.25) is 5.82 Å². The van der Waals surface area contributed by atoms with Crippen molar-refractivity contribution in [3.05, 3.63) is 90.0 Å². The predicted molar refractivity (Wildman–Crippen MR) is 144 cm³/mol. The number of nitrogens with zero attached hydrogens (tertiary/aromatic N) is 2. The normalized spacial score (nSPS) is 12.7. The number of carbonyl (C=O) groups excluding carboxylic acids is 1. The lowest BCUT2D eigenvalue weighted by atomic mass is 9.98. The van der Waals surface area contributed by atoms with E-state index in [2.05, 4.69) is 14.0 Å². The molecule has 0 aliphatic carbocycles. The Morgan fingerprint density at radius 2 is 1.69 bits per heavy atom. The van der Waals surface area contributed by atoms with Crippen molar-refractivity contribution < 1.29 is 14.7 Å². The fourth-order valence-electron chi connectivity index (χ4n) is 4.63. The number of hydroxylamine groups is 1. The SMILES string of the molecule is CCC[N+](C)(c1ccc(-c2ccccc2C(=N)NO)cc1)c1nc2ccccc2cc1C(=O)OCC. The highest BCUT2D eigenvalue weighted by molar-refractivity contribution is 6.02. The van der Waals surface area contributed by atoms with Crippen LogP contribution in [0.5, 0.6) is 0 Å². The highest BCUT2D eigenvalue weighted by Crippen LogP contribution is 2.37. The number of ether oxygens (including phenoxy) is 1. The van der Waals surface area contributed by atoms with E-state index < -0.39 is 0 Å². The van der Waals surface area contributed by atoms with Gasteiger partial charge in [-0.2, -0.15) is 4.98 Å². The van der Waals surface area contributed by atoms with Crippen LogP contribution in [0.2, 0.25) is 0 Å². The molecule has 1 heterocycles. The van der Waals surface area contributed by atoms with E-state index in [1.807, 2.05) is 78.3 Å². The van der Waals surface area contributed by atoms with Gasteiger partial charge in [0.25, 0.3) is 0 Å². The zero-order valence-electron chi connectivity index (χ0n) is 20.8. The Morgan fingerprint density at radius 1 is 1.00 bits per heavy atom. The van der Waals surface area contributed by atoms with Crippen LogP contribution in [0.4, 0.5) is 11.5 Å². The van der Waals surface area contributed by atoms with Gasteiger partial charge in [-0.15, -0.1) is 0 Å². The summed E-state index contributed by atoms with van der Waals surface area (Å²) in [7, 11) is 2.07. The third kappa shape index (κ3) is 4.71. The number of benzene rings is 3. The van der Waals surface area contributed by atoms with Crippen LogP contribution in [-0.2, 0) is 4.74 Å². The van der Waals surface area contributed by atoms with Crippen LogP contribution in [0.15, 0.2) is 78.9 Å². The number of hydrogen-bond acceptors (Lipinski definition) is 5. The molecule has 0 amide bonds. The maximum Gasteiger partial charge on any atom is 0.346 e. The smallest absolute Gasteiger partial charge is 0.346 e. The molecular weight excluding hydrogens is 452 g/mol. The fourth-order valence-corrected chi connectivity index (χ4v) is 4.63. The second-order valence-electron chi connectivity index (χ2n) is 8.77. The first-order chi connectivity index (χ1) is 17.4. The van der Waals surface area contributed by atoms with Crippen molar-refractivity contribution in [1.82, 2.24) is 14.9 Å². The van der Waals surface area contributed by atoms with Crippen molar-refractivity contribution >= 4 is 34.2 Å². The molecule has 0 saturated carbocycles. The van der Waals surface area contributed by atoms with Gasteiger partial charge in [-0.25, -0.2) is 9.28 Å². The molecule has 7 heteroatoms. The lowest BCUT2D eigenvalue weighted by Gasteiger charge is -2.33. The van der Waals surface area contributed by atoms with Gasteiger partial charge in [-0.1, -0.05) is 49.4 Å². The Bertz CT molecular complexity index is 1400. The standard InChI is InChI=1S/C29H31N4O3/c1-4-18-33(3,28-25(29(34)36-5-2)19-21-10-6-9-13-26(21)31-28)22-16-14-20(15-17-22)23-11-7-8-12-24(23)27(30)32-35/h6-17,19,35H,4-5,18H2,1-3H3,(H2,30,32)/q+1. The first-order valence-electron chi connectivity index (χ1n) is 12.0. The van der Waals surface area contributed by atoms with Gasteiger partial charge in [-0.3, -0.25) is 16.1 Å². The van der Waals surface area contributed by atoms with Gasteiger partial charge in [0.05, 0.1) is 25.7 Å². The molecule has 4 aromatic rings. The van der Waals surface area contributed by atoms with E-state index in [0.29, 0.717) is 21.4 Å². The Hall–Kier alpha value is -4.07. The molecule has 184 valence electrons. The van der Waals surface area contributed by atoms with E-state index in [0.717, 1.165) is 40.7 Å². The zero-order chi connectivity index (χ0) is 25.7. The van der Waals surface area contributed by atoms with Gasteiger partial charge in [0.1, 0.15) is 17.1 Å². The maximum atomic E-state index is 13.0. The van der Waals surface area contributed by atoms with E-state index in [4.69, 9.17) is 15.1 Å². The number of carbonyl (C=O) groups is 1. The highest BCUT2D eigenvalue weighted by Gasteiger charge is 2.35. The molecule has 3 N–H and O–H groups in total.